The van der Waals surface area contributed by atoms with Crippen LogP contribution in [0, 0.1) is 0 Å². The number of rotatable bonds is 2. The van der Waals surface area contributed by atoms with Crippen LogP contribution in [0.5, 0.6) is 0 Å². The number of hydrogen-bond donors (Lipinski definition) is 1. The van der Waals surface area contributed by atoms with E-state index in [9.17, 15) is 0 Å². The molecule has 0 spiro atoms. The number of aromatic nitrogens is 1. The topological polar surface area (TPSA) is 33.1 Å². The molecule has 0 amide bonds. The number of benzene rings is 1. The third-order valence-electron chi connectivity index (χ3n) is 3.61. The van der Waals surface area contributed by atoms with Gasteiger partial charge < -0.3 is 5.11 Å². The quantitative estimate of drug-likeness (QED) is 0.873. The number of aliphatic hydroxyl groups excluding tert-OH is 1. The fourth-order valence-corrected chi connectivity index (χ4v) is 2.52. The van der Waals surface area contributed by atoms with Crippen LogP contribution in [0.2, 0.25) is 0 Å². The van der Waals surface area contributed by atoms with Gasteiger partial charge in [0.15, 0.2) is 0 Å². The van der Waals surface area contributed by atoms with E-state index in [0.717, 1.165) is 23.2 Å². The van der Waals surface area contributed by atoms with Crippen LogP contribution in [-0.4, -0.2) is 10.1 Å². The lowest BCUT2D eigenvalue weighted by molar-refractivity contribution is 0.282. The van der Waals surface area contributed by atoms with Crippen LogP contribution < -0.4 is 0 Å². The van der Waals surface area contributed by atoms with E-state index in [4.69, 9.17) is 10.1 Å². The molecule has 92 valence electrons. The molecule has 2 nitrogen and oxygen atoms in total. The summed E-state index contributed by atoms with van der Waals surface area (Å²) in [5.74, 6) is 0. The molecule has 1 aliphatic rings. The third kappa shape index (κ3) is 2.16. The summed E-state index contributed by atoms with van der Waals surface area (Å²) in [5, 5.41) is 9.04. The lowest BCUT2D eigenvalue weighted by Gasteiger charge is -2.15. The molecule has 0 saturated heterocycles. The fourth-order valence-electron chi connectivity index (χ4n) is 2.52. The second kappa shape index (κ2) is 4.91. The summed E-state index contributed by atoms with van der Waals surface area (Å²) in [6.07, 6.45) is 4.83. The third-order valence-corrected chi connectivity index (χ3v) is 3.61. The number of aryl methyl sites for hydroxylation is 2. The Balaban J connectivity index is 1.95. The minimum atomic E-state index is 0.0951. The standard InChI is InChI=1S/C16H17NO/c18-11-12-5-7-14(8-6-12)16-10-9-13-3-1-2-4-15(13)17-16/h5-10,18H,1-4,11H2. The second-order valence-corrected chi connectivity index (χ2v) is 4.86. The van der Waals surface area contributed by atoms with Crippen molar-refractivity contribution in [3.05, 3.63) is 53.2 Å². The maximum atomic E-state index is 9.04. The normalized spacial score (nSPS) is 14.3. The molecule has 1 heterocycles. The highest BCUT2D eigenvalue weighted by molar-refractivity contribution is 5.60. The molecule has 0 unspecified atom stereocenters. The molecule has 1 aliphatic carbocycles. The Morgan fingerprint density at radius 1 is 0.944 bits per heavy atom. The first kappa shape index (κ1) is 11.4. The Labute approximate surface area is 107 Å². The summed E-state index contributed by atoms with van der Waals surface area (Å²) in [7, 11) is 0. The molecule has 2 heteroatoms. The molecule has 0 radical (unpaired) electrons. The predicted molar refractivity (Wildman–Crippen MR) is 72.2 cm³/mol. The molecule has 1 aromatic carbocycles. The summed E-state index contributed by atoms with van der Waals surface area (Å²) in [6.45, 7) is 0.0951. The first-order valence-corrected chi connectivity index (χ1v) is 6.56. The SMILES string of the molecule is OCc1ccc(-c2ccc3c(n2)CCCC3)cc1. The molecule has 0 bridgehead atoms. The van der Waals surface area contributed by atoms with Crippen molar-refractivity contribution in [3.63, 3.8) is 0 Å². The van der Waals surface area contributed by atoms with Gasteiger partial charge in [-0.1, -0.05) is 30.3 Å². The van der Waals surface area contributed by atoms with Crippen molar-refractivity contribution in [3.8, 4) is 11.3 Å². The molecule has 1 N–H and O–H groups in total. The van der Waals surface area contributed by atoms with Gasteiger partial charge in [-0.05, 0) is 42.9 Å². The fraction of sp³-hybridized carbons (Fsp3) is 0.312. The van der Waals surface area contributed by atoms with Crippen molar-refractivity contribution in [2.45, 2.75) is 32.3 Å². The summed E-state index contributed by atoms with van der Waals surface area (Å²) >= 11 is 0. The van der Waals surface area contributed by atoms with Gasteiger partial charge in [-0.3, -0.25) is 4.98 Å². The molecule has 18 heavy (non-hydrogen) atoms. The molecular formula is C16H17NO. The summed E-state index contributed by atoms with van der Waals surface area (Å²) in [4.78, 5) is 4.78. The monoisotopic (exact) mass is 239 g/mol. The van der Waals surface area contributed by atoms with Gasteiger partial charge in [-0.2, -0.15) is 0 Å². The van der Waals surface area contributed by atoms with Crippen molar-refractivity contribution in [1.82, 2.24) is 4.98 Å². The Morgan fingerprint density at radius 3 is 2.50 bits per heavy atom. The van der Waals surface area contributed by atoms with Crippen LogP contribution in [0.4, 0.5) is 0 Å². The van der Waals surface area contributed by atoms with Crippen LogP contribution in [0.1, 0.15) is 29.7 Å². The van der Waals surface area contributed by atoms with Gasteiger partial charge in [-0.25, -0.2) is 0 Å². The highest BCUT2D eigenvalue weighted by atomic mass is 16.3. The lowest BCUT2D eigenvalue weighted by Crippen LogP contribution is -2.05. The predicted octanol–water partition coefficient (Wildman–Crippen LogP) is 3.12. The van der Waals surface area contributed by atoms with Crippen LogP contribution >= 0.6 is 0 Å². The van der Waals surface area contributed by atoms with E-state index in [-0.39, 0.29) is 6.61 Å². The summed E-state index contributed by atoms with van der Waals surface area (Å²) in [5.41, 5.74) is 5.79. The first-order chi connectivity index (χ1) is 8.86. The summed E-state index contributed by atoms with van der Waals surface area (Å²) in [6, 6.07) is 12.3. The van der Waals surface area contributed by atoms with E-state index in [1.54, 1.807) is 0 Å². The van der Waals surface area contributed by atoms with E-state index in [1.807, 2.05) is 24.3 Å². The van der Waals surface area contributed by atoms with Crippen LogP contribution in [0.3, 0.4) is 0 Å². The Morgan fingerprint density at radius 2 is 1.72 bits per heavy atom. The van der Waals surface area contributed by atoms with Crippen LogP contribution in [0.25, 0.3) is 11.3 Å². The van der Waals surface area contributed by atoms with Gasteiger partial charge >= 0.3 is 0 Å². The van der Waals surface area contributed by atoms with E-state index in [2.05, 4.69) is 12.1 Å². The van der Waals surface area contributed by atoms with Gasteiger partial charge in [0.1, 0.15) is 0 Å². The minimum Gasteiger partial charge on any atom is -0.392 e. The summed E-state index contributed by atoms with van der Waals surface area (Å²) < 4.78 is 0. The average Bonchev–Trinajstić information content (AvgIpc) is 2.47. The molecule has 3 rings (SSSR count). The van der Waals surface area contributed by atoms with Crippen molar-refractivity contribution in [2.24, 2.45) is 0 Å². The molecule has 2 aromatic rings. The van der Waals surface area contributed by atoms with E-state index >= 15 is 0 Å². The molecule has 0 atom stereocenters. The smallest absolute Gasteiger partial charge is 0.0705 e. The number of aliphatic hydroxyl groups is 1. The van der Waals surface area contributed by atoms with Gasteiger partial charge in [0.2, 0.25) is 0 Å². The molecule has 0 aliphatic heterocycles. The number of hydrogen-bond acceptors (Lipinski definition) is 2. The average molecular weight is 239 g/mol. The Bertz CT molecular complexity index is 546. The van der Waals surface area contributed by atoms with Crippen molar-refractivity contribution in [1.29, 1.82) is 0 Å². The van der Waals surface area contributed by atoms with Gasteiger partial charge in [0.25, 0.3) is 0 Å². The van der Waals surface area contributed by atoms with Crippen molar-refractivity contribution >= 4 is 0 Å². The van der Waals surface area contributed by atoms with E-state index in [0.29, 0.717) is 0 Å². The van der Waals surface area contributed by atoms with Crippen LogP contribution in [0.15, 0.2) is 36.4 Å². The molecular weight excluding hydrogens is 222 g/mol. The van der Waals surface area contributed by atoms with Crippen molar-refractivity contribution < 1.29 is 5.11 Å². The zero-order chi connectivity index (χ0) is 12.4. The lowest BCUT2D eigenvalue weighted by atomic mass is 9.95. The highest BCUT2D eigenvalue weighted by Crippen LogP contribution is 2.24. The second-order valence-electron chi connectivity index (χ2n) is 4.86. The van der Waals surface area contributed by atoms with Gasteiger partial charge in [0.05, 0.1) is 12.3 Å². The minimum absolute atomic E-state index is 0.0951. The Kier molecular flexibility index (Phi) is 3.11. The van der Waals surface area contributed by atoms with Gasteiger partial charge in [-0.15, -0.1) is 0 Å². The van der Waals surface area contributed by atoms with Crippen molar-refractivity contribution in [2.75, 3.05) is 0 Å². The number of pyridine rings is 1. The largest absolute Gasteiger partial charge is 0.392 e. The molecule has 1 aromatic heterocycles. The number of nitrogens with zero attached hydrogens (tertiary/aromatic N) is 1. The zero-order valence-electron chi connectivity index (χ0n) is 10.4. The van der Waals surface area contributed by atoms with Crippen LogP contribution in [-0.2, 0) is 19.4 Å². The number of fused-ring (bicyclic) bond motifs is 1. The highest BCUT2D eigenvalue weighted by Gasteiger charge is 2.11. The van der Waals surface area contributed by atoms with E-state index in [1.165, 1.54) is 30.5 Å². The first-order valence-electron chi connectivity index (χ1n) is 6.56. The maximum Gasteiger partial charge on any atom is 0.0705 e. The molecule has 0 fully saturated rings. The van der Waals surface area contributed by atoms with Gasteiger partial charge in [0, 0.05) is 11.3 Å². The van der Waals surface area contributed by atoms with E-state index < -0.39 is 0 Å². The Hall–Kier alpha value is -1.67. The molecule has 0 saturated carbocycles. The zero-order valence-corrected chi connectivity index (χ0v) is 10.4. The maximum absolute atomic E-state index is 9.04.